The topological polar surface area (TPSA) is 153 Å². The molecule has 0 aliphatic carbocycles. The molecule has 1 fully saturated rings. The van der Waals surface area contributed by atoms with Crippen molar-refractivity contribution in [2.45, 2.75) is 38.5 Å². The van der Waals surface area contributed by atoms with Crippen LogP contribution in [0.5, 0.6) is 34.5 Å². The summed E-state index contributed by atoms with van der Waals surface area (Å²) >= 11 is 0. The fourth-order valence-corrected chi connectivity index (χ4v) is 5.93. The molecule has 7 aliphatic rings. The number of piperidine rings is 1. The van der Waals surface area contributed by atoms with Crippen LogP contribution in [0.1, 0.15) is 40.3 Å². The smallest absolute Gasteiger partial charge is 0.264 e. The molecule has 256 valence electrons. The van der Waals surface area contributed by atoms with Crippen molar-refractivity contribution in [3.8, 4) is 34.5 Å². The molecule has 2 amide bonds. The number of carbonyl (C=O) groups excluding carboxylic acids is 2. The van der Waals surface area contributed by atoms with Crippen LogP contribution in [0.25, 0.3) is 0 Å². The highest BCUT2D eigenvalue weighted by molar-refractivity contribution is 5.94. The molecule has 7 aliphatic heterocycles. The summed E-state index contributed by atoms with van der Waals surface area (Å²) in [6.07, 6.45) is 0.824. The van der Waals surface area contributed by atoms with E-state index < -0.39 is 5.60 Å². The first-order chi connectivity index (χ1) is 23.7. The van der Waals surface area contributed by atoms with E-state index in [2.05, 4.69) is 25.5 Å². The first-order valence-electron chi connectivity index (χ1n) is 16.0. The monoisotopic (exact) mass is 669 g/mol. The maximum atomic E-state index is 14.0. The second kappa shape index (κ2) is 14.7. The van der Waals surface area contributed by atoms with Crippen LogP contribution in [0.15, 0.2) is 71.5 Å². The SMILES string of the molecule is COc1cc2ccc1Oc1ccc(cc1OC)C(=O)NCCOc1ccc(cc1)OC1(CCN(Cc3cc(=O)[nH]c(C)n3)CC1)C(=O)NC2. The van der Waals surface area contributed by atoms with Gasteiger partial charge in [-0.05, 0) is 67.1 Å². The third-order valence-corrected chi connectivity index (χ3v) is 8.50. The summed E-state index contributed by atoms with van der Waals surface area (Å²) in [7, 11) is 3.04. The Morgan fingerprint density at radius 3 is 2.27 bits per heavy atom. The zero-order valence-electron chi connectivity index (χ0n) is 27.7. The highest BCUT2D eigenvalue weighted by Gasteiger charge is 2.44. The molecule has 3 aromatic carbocycles. The van der Waals surface area contributed by atoms with Crippen LogP contribution < -0.4 is 39.9 Å². The zero-order chi connectivity index (χ0) is 34.4. The molecule has 13 heteroatoms. The highest BCUT2D eigenvalue weighted by Crippen LogP contribution is 2.38. The number of hydrogen-bond donors (Lipinski definition) is 3. The Bertz CT molecular complexity index is 1870. The van der Waals surface area contributed by atoms with E-state index in [1.54, 1.807) is 61.5 Å². The van der Waals surface area contributed by atoms with Gasteiger partial charge in [0.25, 0.3) is 17.4 Å². The van der Waals surface area contributed by atoms with Crippen molar-refractivity contribution in [2.24, 2.45) is 0 Å². The number of aryl methyl sites for hydroxylation is 1. The number of ether oxygens (including phenoxy) is 5. The molecule has 0 saturated carbocycles. The van der Waals surface area contributed by atoms with Crippen molar-refractivity contribution in [2.75, 3.05) is 40.5 Å². The molecule has 1 aromatic heterocycles. The van der Waals surface area contributed by atoms with E-state index in [1.165, 1.54) is 20.3 Å². The van der Waals surface area contributed by atoms with Crippen LogP contribution in [0, 0.1) is 6.92 Å². The molecule has 11 rings (SSSR count). The van der Waals surface area contributed by atoms with E-state index >= 15 is 0 Å². The predicted octanol–water partition coefficient (Wildman–Crippen LogP) is 3.74. The number of nitrogens with zero attached hydrogens (tertiary/aromatic N) is 2. The Kier molecular flexibility index (Phi) is 10.00. The molecule has 0 atom stereocenters. The largest absolute Gasteiger partial charge is 0.493 e. The van der Waals surface area contributed by atoms with E-state index in [9.17, 15) is 14.4 Å². The second-order valence-electron chi connectivity index (χ2n) is 11.9. The van der Waals surface area contributed by atoms with Gasteiger partial charge >= 0.3 is 0 Å². The van der Waals surface area contributed by atoms with Gasteiger partial charge in [-0.3, -0.25) is 19.3 Å². The van der Waals surface area contributed by atoms with E-state index in [1.807, 2.05) is 6.07 Å². The minimum absolute atomic E-state index is 0.193. The van der Waals surface area contributed by atoms with Gasteiger partial charge in [-0.15, -0.1) is 0 Å². The summed E-state index contributed by atoms with van der Waals surface area (Å²) in [4.78, 5) is 48.1. The second-order valence-corrected chi connectivity index (χ2v) is 11.9. The lowest BCUT2D eigenvalue weighted by atomic mass is 9.89. The molecule has 1 spiro atoms. The quantitative estimate of drug-likeness (QED) is 0.293. The van der Waals surface area contributed by atoms with Gasteiger partial charge in [0.15, 0.2) is 28.6 Å². The molecule has 4 aromatic rings. The van der Waals surface area contributed by atoms with Crippen LogP contribution in [-0.2, 0) is 17.9 Å². The summed E-state index contributed by atoms with van der Waals surface area (Å²) in [5.41, 5.74) is 0.532. The Morgan fingerprint density at radius 1 is 0.857 bits per heavy atom. The summed E-state index contributed by atoms with van der Waals surface area (Å²) in [5.74, 6) is 2.82. The lowest BCUT2D eigenvalue weighted by Gasteiger charge is -2.40. The van der Waals surface area contributed by atoms with Crippen LogP contribution in [-0.4, -0.2) is 72.7 Å². The summed E-state index contributed by atoms with van der Waals surface area (Å²) in [6, 6.07) is 18.9. The molecule has 1 saturated heterocycles. The zero-order valence-corrected chi connectivity index (χ0v) is 27.7. The highest BCUT2D eigenvalue weighted by atomic mass is 16.5. The molecule has 0 unspecified atom stereocenters. The number of rotatable bonds is 4. The summed E-state index contributed by atoms with van der Waals surface area (Å²) < 4.78 is 29.6. The van der Waals surface area contributed by atoms with Gasteiger partial charge in [0.1, 0.15) is 23.9 Å². The molecule has 49 heavy (non-hydrogen) atoms. The van der Waals surface area contributed by atoms with Gasteiger partial charge in [0.05, 0.1) is 26.5 Å². The molecule has 8 heterocycles. The van der Waals surface area contributed by atoms with Gasteiger partial charge in [-0.1, -0.05) is 6.07 Å². The average molecular weight is 670 g/mol. The van der Waals surface area contributed by atoms with Crippen molar-refractivity contribution < 1.29 is 33.3 Å². The minimum Gasteiger partial charge on any atom is -0.493 e. The number of methoxy groups -OCH3 is 2. The van der Waals surface area contributed by atoms with Gasteiger partial charge in [-0.2, -0.15) is 0 Å². The van der Waals surface area contributed by atoms with Crippen molar-refractivity contribution in [3.05, 3.63) is 99.7 Å². The van der Waals surface area contributed by atoms with Gasteiger partial charge in [0, 0.05) is 50.7 Å². The number of H-pyrrole nitrogens is 1. The summed E-state index contributed by atoms with van der Waals surface area (Å²) in [6.45, 7) is 4.08. The Labute approximate surface area is 283 Å². The fourth-order valence-electron chi connectivity index (χ4n) is 5.93. The predicted molar refractivity (Wildman–Crippen MR) is 180 cm³/mol. The Morgan fingerprint density at radius 2 is 1.55 bits per heavy atom. The number of carbonyl (C=O) groups is 2. The number of benzene rings is 3. The number of amides is 2. The van der Waals surface area contributed by atoms with Crippen LogP contribution >= 0.6 is 0 Å². The average Bonchev–Trinajstić information content (AvgIpc) is 3.10. The Balaban J connectivity index is 1.26. The third kappa shape index (κ3) is 7.95. The van der Waals surface area contributed by atoms with Crippen LogP contribution in [0.2, 0.25) is 0 Å². The first-order valence-corrected chi connectivity index (χ1v) is 16.0. The standard InChI is InChI=1S/C36H39N5O8/c1-23-39-26(20-33(42)40-23)22-41-15-12-36(13-16-41)35(44)38-21-24-4-10-29(31(18-24)45-2)48-30-11-5-25(19-32(30)46-3)34(43)37-14-17-47-27-6-8-28(49-36)9-7-27/h4-11,18-20H,12-17,21-22H2,1-3H3,(H,37,43)(H,38,44)(H,39,40,42). The maximum absolute atomic E-state index is 14.0. The van der Waals surface area contributed by atoms with Crippen molar-refractivity contribution in [1.29, 1.82) is 0 Å². The van der Waals surface area contributed by atoms with Gasteiger partial charge in [0.2, 0.25) is 0 Å². The van der Waals surface area contributed by atoms with Gasteiger partial charge in [-0.25, -0.2) is 4.98 Å². The number of hydrogen-bond acceptors (Lipinski definition) is 10. The number of likely N-dealkylation sites (tertiary alicyclic amines) is 1. The molecule has 3 N–H and O–H groups in total. The van der Waals surface area contributed by atoms with E-state index in [4.69, 9.17) is 23.7 Å². The van der Waals surface area contributed by atoms with Crippen LogP contribution in [0.4, 0.5) is 0 Å². The van der Waals surface area contributed by atoms with E-state index in [0.29, 0.717) is 84.1 Å². The fraction of sp³-hybridized carbons (Fsp3) is 0.333. The number of nitrogens with one attached hydrogen (secondary N) is 3. The van der Waals surface area contributed by atoms with E-state index in [0.717, 1.165) is 5.56 Å². The number of aromatic amines is 1. The molecular weight excluding hydrogens is 630 g/mol. The first kappa shape index (κ1) is 33.3. The van der Waals surface area contributed by atoms with Crippen molar-refractivity contribution in [1.82, 2.24) is 25.5 Å². The van der Waals surface area contributed by atoms with Crippen molar-refractivity contribution >= 4 is 11.8 Å². The lowest BCUT2D eigenvalue weighted by Crippen LogP contribution is -2.57. The molecular formula is C36H39N5O8. The van der Waals surface area contributed by atoms with Crippen molar-refractivity contribution in [3.63, 3.8) is 0 Å². The Hall–Kier alpha value is -5.56. The maximum Gasteiger partial charge on any atom is 0.264 e. The normalized spacial score (nSPS) is 16.6. The molecule has 13 nitrogen and oxygen atoms in total. The minimum atomic E-state index is -1.15. The van der Waals surface area contributed by atoms with Gasteiger partial charge < -0.3 is 39.3 Å². The molecule has 0 radical (unpaired) electrons. The van der Waals surface area contributed by atoms with E-state index in [-0.39, 0.29) is 37.1 Å². The summed E-state index contributed by atoms with van der Waals surface area (Å²) in [5, 5.41) is 5.94. The number of aromatic nitrogens is 2. The lowest BCUT2D eigenvalue weighted by molar-refractivity contribution is -0.141. The van der Waals surface area contributed by atoms with Crippen LogP contribution in [0.3, 0.4) is 0 Å². The molecule has 6 bridgehead atoms. The third-order valence-electron chi connectivity index (χ3n) is 8.50.